The summed E-state index contributed by atoms with van der Waals surface area (Å²) in [6.07, 6.45) is 0.538. The van der Waals surface area contributed by atoms with Crippen LogP contribution in [0.25, 0.3) is 0 Å². The van der Waals surface area contributed by atoms with Crippen LogP contribution < -0.4 is 10.6 Å². The Hall–Kier alpha value is -1.42. The van der Waals surface area contributed by atoms with Crippen LogP contribution in [0.1, 0.15) is 22.3 Å². The fourth-order valence-corrected chi connectivity index (χ4v) is 1.34. The van der Waals surface area contributed by atoms with Crippen LogP contribution in [0, 0.1) is 0 Å². The van der Waals surface area contributed by atoms with Crippen LogP contribution in [0.2, 0.25) is 0 Å². The van der Waals surface area contributed by atoms with Crippen molar-refractivity contribution in [2.24, 2.45) is 0 Å². The van der Waals surface area contributed by atoms with Crippen LogP contribution in [0.3, 0.4) is 0 Å². The van der Waals surface area contributed by atoms with Gasteiger partial charge in [0.15, 0.2) is 0 Å². The van der Waals surface area contributed by atoms with Gasteiger partial charge in [-0.1, -0.05) is 12.1 Å². The largest absolute Gasteiger partial charge is 0.355 e. The average Bonchev–Trinajstić information content (AvgIpc) is 2.34. The van der Waals surface area contributed by atoms with Gasteiger partial charge in [0.05, 0.1) is 6.67 Å². The first-order valence-corrected chi connectivity index (χ1v) is 5.35. The molecule has 0 fully saturated rings. The van der Waals surface area contributed by atoms with E-state index >= 15 is 0 Å². The summed E-state index contributed by atoms with van der Waals surface area (Å²) in [5.74, 6) is -0.0862. The molecule has 0 aliphatic heterocycles. The quantitative estimate of drug-likeness (QED) is 0.719. The average molecular weight is 224 g/mol. The maximum absolute atomic E-state index is 11.8. The lowest BCUT2D eigenvalue weighted by Crippen LogP contribution is -2.18. The number of alkyl halides is 1. The minimum atomic E-state index is -0.289. The van der Waals surface area contributed by atoms with E-state index in [-0.39, 0.29) is 12.6 Å². The summed E-state index contributed by atoms with van der Waals surface area (Å²) in [5.41, 5.74) is 1.74. The van der Waals surface area contributed by atoms with Crippen LogP contribution in [-0.2, 0) is 6.54 Å². The van der Waals surface area contributed by atoms with Crippen LogP contribution in [-0.4, -0.2) is 26.2 Å². The van der Waals surface area contributed by atoms with Gasteiger partial charge in [-0.15, -0.1) is 0 Å². The van der Waals surface area contributed by atoms with Crippen molar-refractivity contribution in [2.45, 2.75) is 13.0 Å². The Balaban J connectivity index is 2.42. The first kappa shape index (κ1) is 12.6. The zero-order chi connectivity index (χ0) is 11.8. The van der Waals surface area contributed by atoms with E-state index in [0.29, 0.717) is 25.1 Å². The van der Waals surface area contributed by atoms with Gasteiger partial charge < -0.3 is 10.6 Å². The molecule has 1 aromatic carbocycles. The molecule has 0 saturated heterocycles. The van der Waals surface area contributed by atoms with Crippen molar-refractivity contribution in [2.75, 3.05) is 20.3 Å². The fourth-order valence-electron chi connectivity index (χ4n) is 1.34. The first-order valence-electron chi connectivity index (χ1n) is 5.35. The molecule has 2 N–H and O–H groups in total. The topological polar surface area (TPSA) is 41.1 Å². The number of carbonyl (C=O) groups is 1. The van der Waals surface area contributed by atoms with E-state index in [1.54, 1.807) is 19.2 Å². The van der Waals surface area contributed by atoms with Gasteiger partial charge in [-0.3, -0.25) is 9.18 Å². The smallest absolute Gasteiger partial charge is 0.251 e. The summed E-state index contributed by atoms with van der Waals surface area (Å²) >= 11 is 0. The fraction of sp³-hybridized carbons (Fsp3) is 0.417. The third kappa shape index (κ3) is 3.98. The highest BCUT2D eigenvalue weighted by molar-refractivity contribution is 5.93. The number of amides is 1. The van der Waals surface area contributed by atoms with Gasteiger partial charge in [-0.05, 0) is 30.7 Å². The molecule has 88 valence electrons. The molecule has 0 saturated carbocycles. The minimum absolute atomic E-state index is 0.0862. The highest BCUT2D eigenvalue weighted by Crippen LogP contribution is 2.04. The summed E-state index contributed by atoms with van der Waals surface area (Å²) in [4.78, 5) is 11.3. The van der Waals surface area contributed by atoms with Crippen molar-refractivity contribution in [3.8, 4) is 0 Å². The molecule has 1 amide bonds. The first-order chi connectivity index (χ1) is 7.77. The Morgan fingerprint density at radius 1 is 1.31 bits per heavy atom. The van der Waals surface area contributed by atoms with Crippen LogP contribution in [0.5, 0.6) is 0 Å². The summed E-state index contributed by atoms with van der Waals surface area (Å²) < 4.78 is 11.8. The van der Waals surface area contributed by atoms with E-state index in [1.807, 2.05) is 12.1 Å². The number of rotatable bonds is 6. The summed E-state index contributed by atoms with van der Waals surface area (Å²) in [7, 11) is 1.61. The summed E-state index contributed by atoms with van der Waals surface area (Å²) in [6.45, 7) is 1.09. The number of halogens is 1. The van der Waals surface area contributed by atoms with Crippen molar-refractivity contribution in [1.82, 2.24) is 10.6 Å². The van der Waals surface area contributed by atoms with Crippen molar-refractivity contribution in [3.63, 3.8) is 0 Å². The van der Waals surface area contributed by atoms with Gasteiger partial charge in [0.25, 0.3) is 5.91 Å². The van der Waals surface area contributed by atoms with E-state index in [4.69, 9.17) is 0 Å². The molecule has 0 radical (unpaired) electrons. The second-order valence-corrected chi connectivity index (χ2v) is 3.50. The summed E-state index contributed by atoms with van der Waals surface area (Å²) in [6, 6.07) is 7.36. The Morgan fingerprint density at radius 2 is 2.00 bits per heavy atom. The van der Waals surface area contributed by atoms with Crippen LogP contribution in [0.4, 0.5) is 4.39 Å². The second-order valence-electron chi connectivity index (χ2n) is 3.50. The molecule has 0 unspecified atom stereocenters. The molecule has 0 aliphatic rings. The number of carbonyl (C=O) groups excluding carboxylic acids is 1. The van der Waals surface area contributed by atoms with Gasteiger partial charge in [0.2, 0.25) is 0 Å². The molecule has 1 rings (SSSR count). The van der Waals surface area contributed by atoms with Crippen LogP contribution >= 0.6 is 0 Å². The van der Waals surface area contributed by atoms with Gasteiger partial charge in [0, 0.05) is 19.2 Å². The zero-order valence-electron chi connectivity index (χ0n) is 9.42. The molecule has 0 atom stereocenters. The Bertz CT molecular complexity index is 324. The third-order valence-electron chi connectivity index (χ3n) is 2.26. The lowest BCUT2D eigenvalue weighted by molar-refractivity contribution is 0.0963. The standard InChI is InChI=1S/C12H17FN2O/c1-14-12(16)11-5-3-10(4-6-11)9-15-8-2-7-13/h3-6,15H,2,7-9H2,1H3,(H,14,16). The molecule has 16 heavy (non-hydrogen) atoms. The van der Waals surface area contributed by atoms with Gasteiger partial charge in [-0.2, -0.15) is 0 Å². The number of benzene rings is 1. The Labute approximate surface area is 95.0 Å². The Morgan fingerprint density at radius 3 is 2.56 bits per heavy atom. The van der Waals surface area contributed by atoms with E-state index in [9.17, 15) is 9.18 Å². The van der Waals surface area contributed by atoms with Crippen molar-refractivity contribution in [1.29, 1.82) is 0 Å². The molecular weight excluding hydrogens is 207 g/mol. The molecule has 1 aromatic rings. The van der Waals surface area contributed by atoms with E-state index in [2.05, 4.69) is 10.6 Å². The molecule has 0 aliphatic carbocycles. The highest BCUT2D eigenvalue weighted by Gasteiger charge is 2.01. The number of hydrogen-bond acceptors (Lipinski definition) is 2. The number of nitrogens with one attached hydrogen (secondary N) is 2. The lowest BCUT2D eigenvalue weighted by Gasteiger charge is -2.04. The van der Waals surface area contributed by atoms with E-state index < -0.39 is 0 Å². The minimum Gasteiger partial charge on any atom is -0.355 e. The van der Waals surface area contributed by atoms with Gasteiger partial charge >= 0.3 is 0 Å². The molecule has 3 nitrogen and oxygen atoms in total. The summed E-state index contributed by atoms with van der Waals surface area (Å²) in [5, 5.41) is 5.69. The maximum atomic E-state index is 11.8. The third-order valence-corrected chi connectivity index (χ3v) is 2.26. The lowest BCUT2D eigenvalue weighted by atomic mass is 10.1. The van der Waals surface area contributed by atoms with Gasteiger partial charge in [0.1, 0.15) is 0 Å². The number of hydrogen-bond donors (Lipinski definition) is 2. The predicted octanol–water partition coefficient (Wildman–Crippen LogP) is 1.50. The van der Waals surface area contributed by atoms with Crippen molar-refractivity contribution < 1.29 is 9.18 Å². The predicted molar refractivity (Wildman–Crippen MR) is 62.1 cm³/mol. The normalized spacial score (nSPS) is 10.1. The second kappa shape index (κ2) is 6.95. The molecule has 0 spiro atoms. The SMILES string of the molecule is CNC(=O)c1ccc(CNCCCF)cc1. The van der Waals surface area contributed by atoms with Crippen molar-refractivity contribution in [3.05, 3.63) is 35.4 Å². The molecule has 0 bridgehead atoms. The maximum Gasteiger partial charge on any atom is 0.251 e. The van der Waals surface area contributed by atoms with Crippen LogP contribution in [0.15, 0.2) is 24.3 Å². The van der Waals surface area contributed by atoms with Crippen molar-refractivity contribution >= 4 is 5.91 Å². The highest BCUT2D eigenvalue weighted by atomic mass is 19.1. The Kier molecular flexibility index (Phi) is 5.50. The molecular formula is C12H17FN2O. The molecule has 0 aromatic heterocycles. The van der Waals surface area contributed by atoms with E-state index in [1.165, 1.54) is 0 Å². The van der Waals surface area contributed by atoms with E-state index in [0.717, 1.165) is 5.56 Å². The zero-order valence-corrected chi connectivity index (χ0v) is 9.42. The van der Waals surface area contributed by atoms with Gasteiger partial charge in [-0.25, -0.2) is 0 Å². The monoisotopic (exact) mass is 224 g/mol. The molecule has 4 heteroatoms. The molecule has 0 heterocycles.